The maximum Gasteiger partial charge on any atom is 0.221 e. The van der Waals surface area contributed by atoms with Gasteiger partial charge in [-0.25, -0.2) is 0 Å². The number of carbonyl (C=O) groups excluding carboxylic acids is 2. The van der Waals surface area contributed by atoms with Gasteiger partial charge in [-0.3, -0.25) is 9.59 Å². The second-order valence-corrected chi connectivity index (χ2v) is 4.69. The molecule has 1 aromatic rings. The smallest absolute Gasteiger partial charge is 0.221 e. The van der Waals surface area contributed by atoms with Crippen molar-refractivity contribution in [3.8, 4) is 0 Å². The molecule has 20 heavy (non-hydrogen) atoms. The van der Waals surface area contributed by atoms with E-state index in [1.807, 2.05) is 31.2 Å². The van der Waals surface area contributed by atoms with Crippen LogP contribution in [-0.4, -0.2) is 24.9 Å². The van der Waals surface area contributed by atoms with Crippen LogP contribution in [0.3, 0.4) is 0 Å². The molecule has 4 N–H and O–H groups in total. The van der Waals surface area contributed by atoms with E-state index >= 15 is 0 Å². The van der Waals surface area contributed by atoms with Gasteiger partial charge in [0, 0.05) is 31.6 Å². The first-order chi connectivity index (χ1) is 9.61. The molecule has 5 nitrogen and oxygen atoms in total. The summed E-state index contributed by atoms with van der Waals surface area (Å²) in [7, 11) is 0. The lowest BCUT2D eigenvalue weighted by molar-refractivity contribution is -0.122. The standard InChI is InChI=1S/C15H23N3O2/c1-2-10-17-15(20)9-11-18-14(19)8-5-12-3-6-13(16)7-4-12/h3-4,6-7H,2,5,8-11,16H2,1H3,(H,17,20)(H,18,19). The summed E-state index contributed by atoms with van der Waals surface area (Å²) in [6.07, 6.45) is 2.34. The van der Waals surface area contributed by atoms with E-state index < -0.39 is 0 Å². The number of aryl methyl sites for hydroxylation is 1. The van der Waals surface area contributed by atoms with E-state index in [9.17, 15) is 9.59 Å². The number of amides is 2. The van der Waals surface area contributed by atoms with Crippen molar-refractivity contribution in [1.82, 2.24) is 10.6 Å². The number of nitrogens with two attached hydrogens (primary N) is 1. The van der Waals surface area contributed by atoms with E-state index in [4.69, 9.17) is 5.73 Å². The molecule has 0 fully saturated rings. The number of benzene rings is 1. The molecule has 0 saturated heterocycles. The third-order valence-corrected chi connectivity index (χ3v) is 2.87. The molecular formula is C15H23N3O2. The van der Waals surface area contributed by atoms with Crippen molar-refractivity contribution in [2.45, 2.75) is 32.6 Å². The Morgan fingerprint density at radius 1 is 1.00 bits per heavy atom. The molecule has 0 atom stereocenters. The van der Waals surface area contributed by atoms with Gasteiger partial charge < -0.3 is 16.4 Å². The minimum Gasteiger partial charge on any atom is -0.399 e. The highest BCUT2D eigenvalue weighted by Gasteiger charge is 2.04. The maximum atomic E-state index is 11.6. The fourth-order valence-corrected chi connectivity index (χ4v) is 1.70. The van der Waals surface area contributed by atoms with Crippen molar-refractivity contribution in [3.05, 3.63) is 29.8 Å². The summed E-state index contributed by atoms with van der Waals surface area (Å²) < 4.78 is 0. The molecule has 2 amide bonds. The number of hydrogen-bond donors (Lipinski definition) is 3. The van der Waals surface area contributed by atoms with Gasteiger partial charge in [0.25, 0.3) is 0 Å². The Morgan fingerprint density at radius 3 is 2.25 bits per heavy atom. The Bertz CT molecular complexity index is 429. The molecule has 0 aliphatic heterocycles. The molecule has 0 heterocycles. The lowest BCUT2D eigenvalue weighted by atomic mass is 10.1. The van der Waals surface area contributed by atoms with Crippen LogP contribution in [-0.2, 0) is 16.0 Å². The van der Waals surface area contributed by atoms with Gasteiger partial charge in [-0.1, -0.05) is 19.1 Å². The summed E-state index contributed by atoms with van der Waals surface area (Å²) in [5.41, 5.74) is 7.39. The number of hydrogen-bond acceptors (Lipinski definition) is 3. The van der Waals surface area contributed by atoms with Gasteiger partial charge in [-0.2, -0.15) is 0 Å². The van der Waals surface area contributed by atoms with Gasteiger partial charge in [0.05, 0.1) is 0 Å². The Labute approximate surface area is 119 Å². The number of nitrogens with one attached hydrogen (secondary N) is 2. The molecule has 0 unspecified atom stereocenters. The minimum atomic E-state index is -0.0369. The van der Waals surface area contributed by atoms with Gasteiger partial charge in [-0.05, 0) is 30.5 Å². The van der Waals surface area contributed by atoms with Crippen LogP contribution >= 0.6 is 0 Å². The van der Waals surface area contributed by atoms with E-state index in [1.54, 1.807) is 0 Å². The van der Waals surface area contributed by atoms with Gasteiger partial charge in [0.15, 0.2) is 0 Å². The SMILES string of the molecule is CCCNC(=O)CCNC(=O)CCc1ccc(N)cc1. The molecule has 1 rings (SSSR count). The van der Waals surface area contributed by atoms with Crippen LogP contribution in [0.1, 0.15) is 31.7 Å². The normalized spacial score (nSPS) is 10.1. The average Bonchev–Trinajstić information content (AvgIpc) is 2.44. The Morgan fingerprint density at radius 2 is 1.60 bits per heavy atom. The van der Waals surface area contributed by atoms with Crippen molar-refractivity contribution in [3.63, 3.8) is 0 Å². The fraction of sp³-hybridized carbons (Fsp3) is 0.467. The van der Waals surface area contributed by atoms with Crippen molar-refractivity contribution >= 4 is 17.5 Å². The molecule has 0 radical (unpaired) electrons. The van der Waals surface area contributed by atoms with Crippen molar-refractivity contribution in [2.75, 3.05) is 18.8 Å². The van der Waals surface area contributed by atoms with Crippen molar-refractivity contribution in [1.29, 1.82) is 0 Å². The molecular weight excluding hydrogens is 254 g/mol. The molecule has 0 bridgehead atoms. The maximum absolute atomic E-state index is 11.6. The Kier molecular flexibility index (Phi) is 7.17. The molecule has 1 aromatic carbocycles. The monoisotopic (exact) mass is 277 g/mol. The van der Waals surface area contributed by atoms with Crippen molar-refractivity contribution in [2.24, 2.45) is 0 Å². The van der Waals surface area contributed by atoms with E-state index in [0.29, 0.717) is 32.4 Å². The van der Waals surface area contributed by atoms with Gasteiger partial charge in [-0.15, -0.1) is 0 Å². The van der Waals surface area contributed by atoms with Crippen LogP contribution in [0.2, 0.25) is 0 Å². The highest BCUT2D eigenvalue weighted by atomic mass is 16.2. The second-order valence-electron chi connectivity index (χ2n) is 4.69. The lowest BCUT2D eigenvalue weighted by Gasteiger charge is -2.06. The number of carbonyl (C=O) groups is 2. The van der Waals surface area contributed by atoms with E-state index in [1.165, 1.54) is 0 Å². The first kappa shape index (κ1) is 16.0. The predicted octanol–water partition coefficient (Wildman–Crippen LogP) is 1.23. The second kappa shape index (κ2) is 8.96. The summed E-state index contributed by atoms with van der Waals surface area (Å²) in [6.45, 7) is 3.07. The number of anilines is 1. The quantitative estimate of drug-likeness (QED) is 0.625. The highest BCUT2D eigenvalue weighted by molar-refractivity contribution is 5.79. The lowest BCUT2D eigenvalue weighted by Crippen LogP contribution is -2.31. The van der Waals surface area contributed by atoms with Crippen LogP contribution in [0.15, 0.2) is 24.3 Å². The summed E-state index contributed by atoms with van der Waals surface area (Å²) in [6, 6.07) is 7.48. The van der Waals surface area contributed by atoms with Crippen LogP contribution in [0.4, 0.5) is 5.69 Å². The summed E-state index contributed by atoms with van der Waals surface area (Å²) in [4.78, 5) is 22.9. The van der Waals surface area contributed by atoms with E-state index in [2.05, 4.69) is 10.6 Å². The summed E-state index contributed by atoms with van der Waals surface area (Å²) in [5.74, 6) is -0.0594. The fourth-order valence-electron chi connectivity index (χ4n) is 1.70. The first-order valence-corrected chi connectivity index (χ1v) is 6.99. The van der Waals surface area contributed by atoms with Crippen molar-refractivity contribution < 1.29 is 9.59 Å². The largest absolute Gasteiger partial charge is 0.399 e. The molecule has 0 spiro atoms. The Balaban J connectivity index is 2.14. The molecule has 0 saturated carbocycles. The van der Waals surface area contributed by atoms with Crippen LogP contribution < -0.4 is 16.4 Å². The topological polar surface area (TPSA) is 84.2 Å². The molecule has 5 heteroatoms. The van der Waals surface area contributed by atoms with Gasteiger partial charge in [0.2, 0.25) is 11.8 Å². The van der Waals surface area contributed by atoms with E-state index in [0.717, 1.165) is 17.7 Å². The highest BCUT2D eigenvalue weighted by Crippen LogP contribution is 2.07. The van der Waals surface area contributed by atoms with Gasteiger partial charge >= 0.3 is 0 Å². The number of nitrogen functional groups attached to an aromatic ring is 1. The third kappa shape index (κ3) is 6.78. The van der Waals surface area contributed by atoms with E-state index in [-0.39, 0.29) is 11.8 Å². The summed E-state index contributed by atoms with van der Waals surface area (Å²) >= 11 is 0. The average molecular weight is 277 g/mol. The molecule has 0 aliphatic carbocycles. The molecule has 110 valence electrons. The van der Waals surface area contributed by atoms with Crippen LogP contribution in [0.25, 0.3) is 0 Å². The third-order valence-electron chi connectivity index (χ3n) is 2.87. The predicted molar refractivity (Wildman–Crippen MR) is 80.1 cm³/mol. The Hall–Kier alpha value is -2.04. The zero-order valence-electron chi connectivity index (χ0n) is 11.9. The minimum absolute atomic E-state index is 0.0225. The van der Waals surface area contributed by atoms with Crippen LogP contribution in [0, 0.1) is 0 Å². The zero-order chi connectivity index (χ0) is 14.8. The van der Waals surface area contributed by atoms with Crippen LogP contribution in [0.5, 0.6) is 0 Å². The number of rotatable bonds is 8. The zero-order valence-corrected chi connectivity index (χ0v) is 11.9. The molecule has 0 aromatic heterocycles. The molecule has 0 aliphatic rings. The van der Waals surface area contributed by atoms with Gasteiger partial charge in [0.1, 0.15) is 0 Å². The first-order valence-electron chi connectivity index (χ1n) is 6.99. The summed E-state index contributed by atoms with van der Waals surface area (Å²) in [5, 5.41) is 5.51.